The van der Waals surface area contributed by atoms with Gasteiger partial charge in [-0.05, 0) is 12.8 Å². The molecule has 0 unspecified atom stereocenters. The van der Waals surface area contributed by atoms with Gasteiger partial charge in [0, 0.05) is 40.5 Å². The fourth-order valence-corrected chi connectivity index (χ4v) is 3.23. The van der Waals surface area contributed by atoms with Crippen LogP contribution in [-0.2, 0) is 10.8 Å². The number of nitrogens with one attached hydrogen (secondary N) is 1. The van der Waals surface area contributed by atoms with Crippen LogP contribution >= 0.6 is 0 Å². The van der Waals surface area contributed by atoms with E-state index in [1.807, 2.05) is 0 Å². The van der Waals surface area contributed by atoms with E-state index in [2.05, 4.69) is 10.3 Å². The Morgan fingerprint density at radius 3 is 2.74 bits per heavy atom. The molecular formula is C11H15N3O4S. The minimum atomic E-state index is -0.758. The zero-order valence-corrected chi connectivity index (χ0v) is 11.3. The summed E-state index contributed by atoms with van der Waals surface area (Å²) in [5.41, 5.74) is -0.0764. The van der Waals surface area contributed by atoms with Crippen LogP contribution < -0.4 is 10.1 Å². The molecule has 2 rings (SSSR count). The maximum absolute atomic E-state index is 11.3. The lowest BCUT2D eigenvalue weighted by molar-refractivity contribution is -0.384. The fourth-order valence-electron chi connectivity index (χ4n) is 1.93. The molecule has 0 spiro atoms. The van der Waals surface area contributed by atoms with Crippen molar-refractivity contribution in [1.29, 1.82) is 0 Å². The lowest BCUT2D eigenvalue weighted by Crippen LogP contribution is -2.30. The highest BCUT2D eigenvalue weighted by atomic mass is 32.2. The number of hydrogen-bond donors (Lipinski definition) is 1. The molecule has 1 aromatic rings. The number of ether oxygens (including phenoxy) is 1. The molecule has 0 aliphatic carbocycles. The first-order chi connectivity index (χ1) is 9.10. The topological polar surface area (TPSA) is 94.4 Å². The summed E-state index contributed by atoms with van der Waals surface area (Å²) in [5.74, 6) is 1.78. The van der Waals surface area contributed by atoms with Crippen LogP contribution in [0, 0.1) is 10.1 Å². The molecular weight excluding hydrogens is 270 g/mol. The van der Waals surface area contributed by atoms with Gasteiger partial charge in [-0.2, -0.15) is 4.98 Å². The molecule has 0 aromatic carbocycles. The normalized spacial score (nSPS) is 22.8. The summed E-state index contributed by atoms with van der Waals surface area (Å²) in [7, 11) is 0.702. The SMILES string of the molecule is COc1ccc([N+](=O)[O-])c(NC2CCS(=O)CC2)n1. The zero-order chi connectivity index (χ0) is 13.8. The first kappa shape index (κ1) is 13.7. The predicted molar refractivity (Wildman–Crippen MR) is 72.0 cm³/mol. The molecule has 1 N–H and O–H groups in total. The van der Waals surface area contributed by atoms with Crippen molar-refractivity contribution in [2.75, 3.05) is 23.9 Å². The maximum Gasteiger partial charge on any atom is 0.311 e. The predicted octanol–water partition coefficient (Wildman–Crippen LogP) is 1.32. The molecule has 0 amide bonds. The van der Waals surface area contributed by atoms with Crippen LogP contribution in [0.4, 0.5) is 11.5 Å². The van der Waals surface area contributed by atoms with Gasteiger partial charge < -0.3 is 10.1 Å². The summed E-state index contributed by atoms with van der Waals surface area (Å²) in [4.78, 5) is 14.5. The van der Waals surface area contributed by atoms with E-state index in [9.17, 15) is 14.3 Å². The summed E-state index contributed by atoms with van der Waals surface area (Å²) in [6, 6.07) is 2.89. The third kappa shape index (κ3) is 3.40. The van der Waals surface area contributed by atoms with Crippen molar-refractivity contribution in [3.8, 4) is 5.88 Å². The van der Waals surface area contributed by atoms with Gasteiger partial charge in [-0.15, -0.1) is 0 Å². The van der Waals surface area contributed by atoms with Gasteiger partial charge in [-0.25, -0.2) is 0 Å². The average Bonchev–Trinajstić information content (AvgIpc) is 2.41. The van der Waals surface area contributed by atoms with Crippen molar-refractivity contribution >= 4 is 22.3 Å². The number of methoxy groups -OCH3 is 1. The quantitative estimate of drug-likeness (QED) is 0.662. The zero-order valence-electron chi connectivity index (χ0n) is 10.5. The van der Waals surface area contributed by atoms with Crippen LogP contribution in [0.15, 0.2) is 12.1 Å². The highest BCUT2D eigenvalue weighted by Gasteiger charge is 2.23. The van der Waals surface area contributed by atoms with Gasteiger partial charge in [0.15, 0.2) is 0 Å². The second-order valence-electron chi connectivity index (χ2n) is 4.25. The number of rotatable bonds is 4. The smallest absolute Gasteiger partial charge is 0.311 e. The van der Waals surface area contributed by atoms with E-state index in [0.717, 1.165) is 12.8 Å². The number of hydrogen-bond acceptors (Lipinski definition) is 6. The summed E-state index contributed by atoms with van der Waals surface area (Å²) >= 11 is 0. The van der Waals surface area contributed by atoms with E-state index < -0.39 is 15.7 Å². The molecule has 7 nitrogen and oxygen atoms in total. The van der Waals surface area contributed by atoms with Crippen LogP contribution in [0.3, 0.4) is 0 Å². The summed E-state index contributed by atoms with van der Waals surface area (Å²) in [5, 5.41) is 14.0. The molecule has 0 radical (unpaired) electrons. The van der Waals surface area contributed by atoms with Gasteiger partial charge in [-0.1, -0.05) is 0 Å². The molecule has 0 bridgehead atoms. The van der Waals surface area contributed by atoms with Crippen molar-refractivity contribution in [1.82, 2.24) is 4.98 Å². The van der Waals surface area contributed by atoms with Crippen molar-refractivity contribution in [3.63, 3.8) is 0 Å². The Hall–Kier alpha value is -1.70. The first-order valence-corrected chi connectivity index (χ1v) is 7.40. The maximum atomic E-state index is 11.3. The number of nitro groups is 1. The Morgan fingerprint density at radius 2 is 2.16 bits per heavy atom. The molecule has 0 atom stereocenters. The van der Waals surface area contributed by atoms with Crippen LogP contribution in [-0.4, -0.2) is 38.8 Å². The summed E-state index contributed by atoms with van der Waals surface area (Å²) in [6.45, 7) is 0. The molecule has 1 fully saturated rings. The third-order valence-electron chi connectivity index (χ3n) is 2.98. The molecule has 2 heterocycles. The molecule has 104 valence electrons. The lowest BCUT2D eigenvalue weighted by Gasteiger charge is -2.22. The van der Waals surface area contributed by atoms with Gasteiger partial charge in [0.25, 0.3) is 0 Å². The van der Waals surface area contributed by atoms with E-state index >= 15 is 0 Å². The second kappa shape index (κ2) is 5.96. The molecule has 19 heavy (non-hydrogen) atoms. The molecule has 1 aliphatic heterocycles. The number of anilines is 1. The van der Waals surface area contributed by atoms with Crippen LogP contribution in [0.1, 0.15) is 12.8 Å². The van der Waals surface area contributed by atoms with Crippen molar-refractivity contribution in [2.24, 2.45) is 0 Å². The van der Waals surface area contributed by atoms with Crippen molar-refractivity contribution in [2.45, 2.75) is 18.9 Å². The largest absolute Gasteiger partial charge is 0.481 e. The van der Waals surface area contributed by atoms with Gasteiger partial charge >= 0.3 is 5.69 Å². The van der Waals surface area contributed by atoms with Crippen molar-refractivity contribution in [3.05, 3.63) is 22.2 Å². The summed E-state index contributed by atoms with van der Waals surface area (Å²) in [6.07, 6.45) is 1.45. The highest BCUT2D eigenvalue weighted by molar-refractivity contribution is 7.85. The average molecular weight is 285 g/mol. The Kier molecular flexibility index (Phi) is 4.31. The van der Waals surface area contributed by atoms with Gasteiger partial charge in [0.2, 0.25) is 11.7 Å². The van der Waals surface area contributed by atoms with Crippen LogP contribution in [0.2, 0.25) is 0 Å². The number of nitrogens with zero attached hydrogens (tertiary/aromatic N) is 2. The minimum Gasteiger partial charge on any atom is -0.481 e. The molecule has 8 heteroatoms. The monoisotopic (exact) mass is 285 g/mol. The molecule has 1 aromatic heterocycles. The van der Waals surface area contributed by atoms with Crippen molar-refractivity contribution < 1.29 is 13.9 Å². The van der Waals surface area contributed by atoms with Gasteiger partial charge in [0.05, 0.1) is 12.0 Å². The van der Waals surface area contributed by atoms with E-state index in [4.69, 9.17) is 4.74 Å². The van der Waals surface area contributed by atoms with E-state index in [1.54, 1.807) is 0 Å². The molecule has 1 saturated heterocycles. The lowest BCUT2D eigenvalue weighted by atomic mass is 10.1. The van der Waals surface area contributed by atoms with Gasteiger partial charge in [-0.3, -0.25) is 14.3 Å². The van der Waals surface area contributed by atoms with Crippen LogP contribution in [0.5, 0.6) is 5.88 Å². The second-order valence-corrected chi connectivity index (χ2v) is 5.94. The Labute approximate surface area is 113 Å². The summed E-state index contributed by atoms with van der Waals surface area (Å²) < 4.78 is 16.2. The minimum absolute atomic E-state index is 0.0657. The molecule has 1 aliphatic rings. The van der Waals surface area contributed by atoms with E-state index in [1.165, 1.54) is 19.2 Å². The Bertz CT molecular complexity index is 499. The Morgan fingerprint density at radius 1 is 1.47 bits per heavy atom. The first-order valence-electron chi connectivity index (χ1n) is 5.91. The Balaban J connectivity index is 2.17. The standard InChI is InChI=1S/C11H15N3O4S/c1-18-10-3-2-9(14(15)16)11(13-10)12-8-4-6-19(17)7-5-8/h2-3,8H,4-7H2,1H3,(H,12,13). The fraction of sp³-hybridized carbons (Fsp3) is 0.545. The molecule has 0 saturated carbocycles. The number of pyridine rings is 1. The highest BCUT2D eigenvalue weighted by Crippen LogP contribution is 2.27. The van der Waals surface area contributed by atoms with E-state index in [-0.39, 0.29) is 17.5 Å². The number of aromatic nitrogens is 1. The van der Waals surface area contributed by atoms with Crippen LogP contribution in [0.25, 0.3) is 0 Å². The third-order valence-corrected chi connectivity index (χ3v) is 4.37. The van der Waals surface area contributed by atoms with Gasteiger partial charge in [0.1, 0.15) is 0 Å². The van der Waals surface area contributed by atoms with E-state index in [0.29, 0.717) is 17.4 Å².